The third kappa shape index (κ3) is 5.11. The summed E-state index contributed by atoms with van der Waals surface area (Å²) in [5.74, 6) is -0.0325. The lowest BCUT2D eigenvalue weighted by atomic mass is 10.0. The van der Waals surface area contributed by atoms with E-state index in [4.69, 9.17) is 5.26 Å². The van der Waals surface area contributed by atoms with E-state index in [-0.39, 0.29) is 12.5 Å². The quantitative estimate of drug-likeness (QED) is 0.637. The van der Waals surface area contributed by atoms with Crippen LogP contribution in [-0.2, 0) is 5.11 Å². The van der Waals surface area contributed by atoms with E-state index in [1.807, 2.05) is 6.26 Å². The van der Waals surface area contributed by atoms with Crippen molar-refractivity contribution in [3.05, 3.63) is 0 Å². The summed E-state index contributed by atoms with van der Waals surface area (Å²) in [6, 6.07) is 2.15. The fourth-order valence-electron chi connectivity index (χ4n) is 0.874. The van der Waals surface area contributed by atoms with E-state index >= 15 is 0 Å². The molecule has 0 amide bonds. The van der Waals surface area contributed by atoms with Crippen LogP contribution < -0.4 is 0 Å². The van der Waals surface area contributed by atoms with Gasteiger partial charge in [0, 0.05) is 11.2 Å². The maximum Gasteiger partial charge on any atom is 0.0834 e. The predicted molar refractivity (Wildman–Crippen MR) is 46.9 cm³/mol. The topological polar surface area (TPSA) is 43.7 Å². The summed E-state index contributed by atoms with van der Waals surface area (Å²) in [5, 5.41) is 19.3. The molecular formula is C8H14NOS. The number of hydrogen-bond donors (Lipinski definition) is 0. The highest BCUT2D eigenvalue weighted by molar-refractivity contribution is 7.99. The van der Waals surface area contributed by atoms with Crippen LogP contribution in [0.5, 0.6) is 0 Å². The molecule has 63 valence electrons. The second-order valence-electron chi connectivity index (χ2n) is 2.60. The highest BCUT2D eigenvalue weighted by Gasteiger charge is 2.10. The summed E-state index contributed by atoms with van der Waals surface area (Å²) in [7, 11) is 0. The van der Waals surface area contributed by atoms with Crippen molar-refractivity contribution in [2.45, 2.75) is 25.0 Å². The summed E-state index contributed by atoms with van der Waals surface area (Å²) < 4.78 is 0. The molecular weight excluding hydrogens is 158 g/mol. The molecule has 0 N–H and O–H groups in total. The molecule has 0 saturated heterocycles. The molecule has 3 heteroatoms. The largest absolute Gasteiger partial charge is 0.237 e. The normalized spacial score (nSPS) is 15.5. The summed E-state index contributed by atoms with van der Waals surface area (Å²) in [6.07, 6.45) is 3.37. The van der Waals surface area contributed by atoms with Crippen molar-refractivity contribution in [3.8, 4) is 6.07 Å². The lowest BCUT2D eigenvalue weighted by molar-refractivity contribution is 0.177. The molecule has 0 aliphatic heterocycles. The molecule has 0 spiro atoms. The molecule has 0 aromatic rings. The fraction of sp³-hybridized carbons (Fsp3) is 0.875. The monoisotopic (exact) mass is 172 g/mol. The first-order valence-electron chi connectivity index (χ1n) is 3.75. The minimum atomic E-state index is -0.126. The van der Waals surface area contributed by atoms with Gasteiger partial charge in [0.25, 0.3) is 0 Å². The molecule has 1 radical (unpaired) electrons. The van der Waals surface area contributed by atoms with E-state index < -0.39 is 0 Å². The Bertz CT molecular complexity index is 133. The molecule has 0 aromatic heterocycles. The lowest BCUT2D eigenvalue weighted by Gasteiger charge is -2.10. The van der Waals surface area contributed by atoms with E-state index in [0.29, 0.717) is 11.7 Å². The first-order valence-corrected chi connectivity index (χ1v) is 5.03. The Labute approximate surface area is 72.6 Å². The molecule has 0 saturated carbocycles. The Morgan fingerprint density at radius 3 is 2.64 bits per heavy atom. The van der Waals surface area contributed by atoms with E-state index in [2.05, 4.69) is 13.0 Å². The maximum absolute atomic E-state index is 10.2. The third-order valence-corrected chi connectivity index (χ3v) is 2.66. The van der Waals surface area contributed by atoms with E-state index in [0.717, 1.165) is 6.42 Å². The van der Waals surface area contributed by atoms with Crippen LogP contribution in [0.3, 0.4) is 0 Å². The van der Waals surface area contributed by atoms with Crippen molar-refractivity contribution in [3.63, 3.8) is 0 Å². The molecule has 2 atom stereocenters. The van der Waals surface area contributed by atoms with Crippen molar-refractivity contribution in [2.24, 2.45) is 5.92 Å². The first kappa shape index (κ1) is 10.8. The smallest absolute Gasteiger partial charge is 0.0834 e. The highest BCUT2D eigenvalue weighted by atomic mass is 32.2. The Morgan fingerprint density at radius 1 is 1.64 bits per heavy atom. The Hall–Kier alpha value is -0.200. The number of thioether (sulfide) groups is 1. The SMILES string of the molecule is CSC(C)CC(C#N)CC[O]. The Morgan fingerprint density at radius 2 is 2.27 bits per heavy atom. The third-order valence-electron chi connectivity index (χ3n) is 1.67. The minimum absolute atomic E-state index is 0.0325. The predicted octanol–water partition coefficient (Wildman–Crippen LogP) is 2.09. The molecule has 0 fully saturated rings. The van der Waals surface area contributed by atoms with Gasteiger partial charge in [-0.3, -0.25) is 0 Å². The molecule has 0 aliphatic carbocycles. The van der Waals surface area contributed by atoms with Gasteiger partial charge in [0.15, 0.2) is 0 Å². The standard InChI is InChI=1S/C8H14NOS/c1-7(11-2)5-8(6-9)3-4-10/h7-8H,3-5H2,1-2H3. The van der Waals surface area contributed by atoms with Crippen LogP contribution in [0.15, 0.2) is 0 Å². The average Bonchev–Trinajstić information content (AvgIpc) is 2.03. The molecule has 2 unspecified atom stereocenters. The van der Waals surface area contributed by atoms with Crippen LogP contribution in [-0.4, -0.2) is 18.1 Å². The van der Waals surface area contributed by atoms with Crippen LogP contribution in [0.1, 0.15) is 19.8 Å². The van der Waals surface area contributed by atoms with Gasteiger partial charge in [-0.2, -0.15) is 17.0 Å². The van der Waals surface area contributed by atoms with Gasteiger partial charge in [-0.25, -0.2) is 5.11 Å². The van der Waals surface area contributed by atoms with Crippen LogP contribution in [0, 0.1) is 17.2 Å². The van der Waals surface area contributed by atoms with Gasteiger partial charge >= 0.3 is 0 Å². The van der Waals surface area contributed by atoms with E-state index in [1.165, 1.54) is 0 Å². The zero-order valence-electron chi connectivity index (χ0n) is 7.04. The molecule has 2 nitrogen and oxygen atoms in total. The molecule has 0 heterocycles. The second-order valence-corrected chi connectivity index (χ2v) is 3.88. The second kappa shape index (κ2) is 6.51. The van der Waals surface area contributed by atoms with Gasteiger partial charge < -0.3 is 0 Å². The average molecular weight is 172 g/mol. The molecule has 0 aromatic carbocycles. The van der Waals surface area contributed by atoms with E-state index in [1.54, 1.807) is 11.8 Å². The van der Waals surface area contributed by atoms with Gasteiger partial charge in [-0.1, -0.05) is 6.92 Å². The molecule has 0 rings (SSSR count). The van der Waals surface area contributed by atoms with Crippen molar-refractivity contribution in [2.75, 3.05) is 12.9 Å². The number of nitrogens with zero attached hydrogens (tertiary/aromatic N) is 1. The van der Waals surface area contributed by atoms with Gasteiger partial charge in [0.1, 0.15) is 0 Å². The van der Waals surface area contributed by atoms with Gasteiger partial charge in [-0.05, 0) is 19.1 Å². The first-order chi connectivity index (χ1) is 5.24. The molecule has 11 heavy (non-hydrogen) atoms. The van der Waals surface area contributed by atoms with Crippen molar-refractivity contribution in [1.82, 2.24) is 0 Å². The van der Waals surface area contributed by atoms with Crippen molar-refractivity contribution >= 4 is 11.8 Å². The van der Waals surface area contributed by atoms with Crippen LogP contribution in [0.4, 0.5) is 0 Å². The van der Waals surface area contributed by atoms with Crippen molar-refractivity contribution < 1.29 is 5.11 Å². The van der Waals surface area contributed by atoms with Crippen LogP contribution >= 0.6 is 11.8 Å². The number of hydrogen-bond acceptors (Lipinski definition) is 2. The Kier molecular flexibility index (Phi) is 6.39. The van der Waals surface area contributed by atoms with Crippen molar-refractivity contribution in [1.29, 1.82) is 5.26 Å². The number of rotatable bonds is 5. The highest BCUT2D eigenvalue weighted by Crippen LogP contribution is 2.17. The van der Waals surface area contributed by atoms with Gasteiger partial charge in [-0.15, -0.1) is 0 Å². The summed E-state index contributed by atoms with van der Waals surface area (Å²) in [6.45, 7) is 1.96. The minimum Gasteiger partial charge on any atom is -0.237 e. The fourth-order valence-corrected chi connectivity index (χ4v) is 1.30. The van der Waals surface area contributed by atoms with Gasteiger partial charge in [0.2, 0.25) is 0 Å². The number of nitriles is 1. The lowest BCUT2D eigenvalue weighted by Crippen LogP contribution is -2.07. The maximum atomic E-state index is 10.2. The zero-order chi connectivity index (χ0) is 8.69. The van der Waals surface area contributed by atoms with Crippen LogP contribution in [0.25, 0.3) is 0 Å². The van der Waals surface area contributed by atoms with Gasteiger partial charge in [0.05, 0.1) is 12.7 Å². The van der Waals surface area contributed by atoms with Crippen LogP contribution in [0.2, 0.25) is 0 Å². The molecule has 0 aliphatic rings. The Balaban J connectivity index is 3.61. The molecule has 0 bridgehead atoms. The summed E-state index contributed by atoms with van der Waals surface area (Å²) in [5.41, 5.74) is 0. The van der Waals surface area contributed by atoms with E-state index in [9.17, 15) is 5.11 Å². The summed E-state index contributed by atoms with van der Waals surface area (Å²) >= 11 is 1.74. The zero-order valence-corrected chi connectivity index (χ0v) is 7.86. The summed E-state index contributed by atoms with van der Waals surface area (Å²) in [4.78, 5) is 0.